The minimum atomic E-state index is -0.176. The van der Waals surface area contributed by atoms with Crippen molar-refractivity contribution in [1.82, 2.24) is 10.2 Å². The number of aliphatic hydroxyl groups is 1. The van der Waals surface area contributed by atoms with Crippen LogP contribution in [0.2, 0.25) is 0 Å². The third-order valence-corrected chi connectivity index (χ3v) is 4.22. The van der Waals surface area contributed by atoms with E-state index >= 15 is 0 Å². The highest BCUT2D eigenvalue weighted by Gasteiger charge is 2.38. The molecular weight excluding hydrogens is 188 g/mol. The van der Waals surface area contributed by atoms with E-state index in [9.17, 15) is 5.11 Å². The Morgan fingerprint density at radius 2 is 1.93 bits per heavy atom. The first kappa shape index (κ1) is 11.4. The standard InChI is InChI=1S/C12H24N2O/c1-8-4-9(2)10(3)14(7-8)11-5-13-6-12(11)15/h8-13,15H,4-7H2,1-3H3. The van der Waals surface area contributed by atoms with Crippen LogP contribution < -0.4 is 5.32 Å². The number of hydrogen-bond acceptors (Lipinski definition) is 3. The van der Waals surface area contributed by atoms with E-state index in [2.05, 4.69) is 31.0 Å². The second kappa shape index (κ2) is 4.40. The van der Waals surface area contributed by atoms with E-state index in [1.165, 1.54) is 6.42 Å². The number of β-amino-alcohol motifs (C(OH)–C–C–N with tert-alkyl or cyclic N) is 1. The predicted octanol–water partition coefficient (Wildman–Crippen LogP) is 0.685. The Hall–Kier alpha value is -0.120. The number of likely N-dealkylation sites (tertiary alicyclic amines) is 1. The fraction of sp³-hybridized carbons (Fsp3) is 1.00. The van der Waals surface area contributed by atoms with Gasteiger partial charge in [0.25, 0.3) is 0 Å². The molecule has 2 fully saturated rings. The molecule has 0 aromatic heterocycles. The molecule has 2 rings (SSSR count). The number of piperidine rings is 1. The van der Waals surface area contributed by atoms with Crippen molar-refractivity contribution in [3.63, 3.8) is 0 Å². The van der Waals surface area contributed by atoms with Crippen LogP contribution in [0.4, 0.5) is 0 Å². The Morgan fingerprint density at radius 3 is 2.53 bits per heavy atom. The number of rotatable bonds is 1. The monoisotopic (exact) mass is 212 g/mol. The first-order chi connectivity index (χ1) is 7.09. The van der Waals surface area contributed by atoms with Crippen LogP contribution in [0.3, 0.4) is 0 Å². The lowest BCUT2D eigenvalue weighted by molar-refractivity contribution is 0.00200. The van der Waals surface area contributed by atoms with Gasteiger partial charge in [-0.25, -0.2) is 0 Å². The molecule has 5 atom stereocenters. The average Bonchev–Trinajstić information content (AvgIpc) is 2.58. The molecule has 5 unspecified atom stereocenters. The molecular formula is C12H24N2O. The molecule has 0 aromatic rings. The normalized spacial score (nSPS) is 48.4. The van der Waals surface area contributed by atoms with E-state index < -0.39 is 0 Å². The first-order valence-corrected chi connectivity index (χ1v) is 6.24. The zero-order valence-electron chi connectivity index (χ0n) is 10.1. The largest absolute Gasteiger partial charge is 0.390 e. The van der Waals surface area contributed by atoms with Gasteiger partial charge in [0.15, 0.2) is 0 Å². The summed E-state index contributed by atoms with van der Waals surface area (Å²) >= 11 is 0. The van der Waals surface area contributed by atoms with Gasteiger partial charge < -0.3 is 10.4 Å². The second-order valence-corrected chi connectivity index (χ2v) is 5.55. The van der Waals surface area contributed by atoms with Crippen LogP contribution in [-0.4, -0.2) is 47.8 Å². The zero-order valence-corrected chi connectivity index (χ0v) is 10.1. The van der Waals surface area contributed by atoms with Gasteiger partial charge in [0.1, 0.15) is 0 Å². The van der Waals surface area contributed by atoms with Crippen LogP contribution >= 0.6 is 0 Å². The van der Waals surface area contributed by atoms with E-state index in [1.54, 1.807) is 0 Å². The van der Waals surface area contributed by atoms with Crippen LogP contribution in [0.15, 0.2) is 0 Å². The quantitative estimate of drug-likeness (QED) is 0.671. The minimum absolute atomic E-state index is 0.176. The number of aliphatic hydroxyl groups excluding tert-OH is 1. The smallest absolute Gasteiger partial charge is 0.0831 e. The molecule has 3 nitrogen and oxygen atoms in total. The number of nitrogens with one attached hydrogen (secondary N) is 1. The van der Waals surface area contributed by atoms with Crippen LogP contribution in [0, 0.1) is 11.8 Å². The van der Waals surface area contributed by atoms with Gasteiger partial charge in [0.05, 0.1) is 6.10 Å². The summed E-state index contributed by atoms with van der Waals surface area (Å²) in [7, 11) is 0. The predicted molar refractivity (Wildman–Crippen MR) is 61.8 cm³/mol. The molecule has 0 bridgehead atoms. The molecule has 2 saturated heterocycles. The van der Waals surface area contributed by atoms with Gasteiger partial charge in [-0.3, -0.25) is 4.90 Å². The van der Waals surface area contributed by atoms with Crippen molar-refractivity contribution in [2.24, 2.45) is 11.8 Å². The lowest BCUT2D eigenvalue weighted by Crippen LogP contribution is -2.54. The maximum absolute atomic E-state index is 9.93. The summed E-state index contributed by atoms with van der Waals surface area (Å²) in [5.41, 5.74) is 0. The van der Waals surface area contributed by atoms with Crippen molar-refractivity contribution in [3.05, 3.63) is 0 Å². The third kappa shape index (κ3) is 2.19. The lowest BCUT2D eigenvalue weighted by atomic mass is 9.84. The van der Waals surface area contributed by atoms with Crippen molar-refractivity contribution >= 4 is 0 Å². The van der Waals surface area contributed by atoms with E-state index in [-0.39, 0.29) is 6.10 Å². The summed E-state index contributed by atoms with van der Waals surface area (Å²) in [5.74, 6) is 1.52. The Kier molecular flexibility index (Phi) is 3.33. The lowest BCUT2D eigenvalue weighted by Gasteiger charge is -2.45. The van der Waals surface area contributed by atoms with Gasteiger partial charge in [0.2, 0.25) is 0 Å². The van der Waals surface area contributed by atoms with Crippen molar-refractivity contribution in [2.75, 3.05) is 19.6 Å². The van der Waals surface area contributed by atoms with Crippen molar-refractivity contribution < 1.29 is 5.11 Å². The van der Waals surface area contributed by atoms with E-state index in [4.69, 9.17) is 0 Å². The van der Waals surface area contributed by atoms with Gasteiger partial charge in [-0.1, -0.05) is 13.8 Å². The van der Waals surface area contributed by atoms with Crippen LogP contribution in [0.1, 0.15) is 27.2 Å². The molecule has 88 valence electrons. The first-order valence-electron chi connectivity index (χ1n) is 6.24. The highest BCUT2D eigenvalue weighted by atomic mass is 16.3. The van der Waals surface area contributed by atoms with Gasteiger partial charge in [0, 0.05) is 31.7 Å². The molecule has 2 heterocycles. The molecule has 0 amide bonds. The maximum atomic E-state index is 9.93. The Bertz CT molecular complexity index is 222. The number of nitrogens with zero attached hydrogens (tertiary/aromatic N) is 1. The molecule has 2 aliphatic heterocycles. The second-order valence-electron chi connectivity index (χ2n) is 5.55. The molecule has 0 radical (unpaired) electrons. The Morgan fingerprint density at radius 1 is 1.20 bits per heavy atom. The summed E-state index contributed by atoms with van der Waals surface area (Å²) in [6.45, 7) is 9.82. The SMILES string of the molecule is CC1CC(C)C(C)N(C2CNCC2O)C1. The van der Waals surface area contributed by atoms with E-state index in [0.29, 0.717) is 12.1 Å². The average molecular weight is 212 g/mol. The molecule has 0 aliphatic carbocycles. The summed E-state index contributed by atoms with van der Waals surface area (Å²) < 4.78 is 0. The Balaban J connectivity index is 2.05. The maximum Gasteiger partial charge on any atom is 0.0831 e. The van der Waals surface area contributed by atoms with E-state index in [1.807, 2.05) is 0 Å². The van der Waals surface area contributed by atoms with Crippen molar-refractivity contribution in [2.45, 2.75) is 45.4 Å². The van der Waals surface area contributed by atoms with Crippen molar-refractivity contribution in [1.29, 1.82) is 0 Å². The molecule has 0 saturated carbocycles. The summed E-state index contributed by atoms with van der Waals surface area (Å²) in [4.78, 5) is 2.52. The van der Waals surface area contributed by atoms with Gasteiger partial charge in [-0.2, -0.15) is 0 Å². The Labute approximate surface area is 92.8 Å². The summed E-state index contributed by atoms with van der Waals surface area (Å²) in [5, 5.41) is 13.2. The highest BCUT2D eigenvalue weighted by molar-refractivity contribution is 4.94. The van der Waals surface area contributed by atoms with E-state index in [0.717, 1.165) is 31.5 Å². The topological polar surface area (TPSA) is 35.5 Å². The minimum Gasteiger partial charge on any atom is -0.390 e. The van der Waals surface area contributed by atoms with Gasteiger partial charge in [-0.15, -0.1) is 0 Å². The summed E-state index contributed by atoms with van der Waals surface area (Å²) in [6, 6.07) is 0.950. The van der Waals surface area contributed by atoms with Crippen molar-refractivity contribution in [3.8, 4) is 0 Å². The van der Waals surface area contributed by atoms with Crippen LogP contribution in [0.5, 0.6) is 0 Å². The number of hydrogen-bond donors (Lipinski definition) is 2. The molecule has 0 aromatic carbocycles. The molecule has 3 heteroatoms. The highest BCUT2D eigenvalue weighted by Crippen LogP contribution is 2.29. The molecule has 15 heavy (non-hydrogen) atoms. The fourth-order valence-electron chi connectivity index (χ4n) is 3.19. The third-order valence-electron chi connectivity index (χ3n) is 4.22. The molecule has 2 N–H and O–H groups in total. The van der Waals surface area contributed by atoms with Crippen LogP contribution in [-0.2, 0) is 0 Å². The van der Waals surface area contributed by atoms with Crippen LogP contribution in [0.25, 0.3) is 0 Å². The molecule has 0 spiro atoms. The zero-order chi connectivity index (χ0) is 11.0. The van der Waals surface area contributed by atoms with Gasteiger partial charge >= 0.3 is 0 Å². The fourth-order valence-corrected chi connectivity index (χ4v) is 3.19. The molecule has 2 aliphatic rings. The summed E-state index contributed by atoms with van der Waals surface area (Å²) in [6.07, 6.45) is 1.15. The van der Waals surface area contributed by atoms with Gasteiger partial charge in [-0.05, 0) is 25.2 Å².